The smallest absolute Gasteiger partial charge is 0.358 e. The second kappa shape index (κ2) is 5.61. The molecule has 0 aliphatic rings. The van der Waals surface area contributed by atoms with Gasteiger partial charge in [0, 0.05) is 0 Å². The Morgan fingerprint density at radius 1 is 1.00 bits per heavy atom. The van der Waals surface area contributed by atoms with Gasteiger partial charge in [0.25, 0.3) is 0 Å². The summed E-state index contributed by atoms with van der Waals surface area (Å²) in [6.45, 7) is 6.36. The summed E-state index contributed by atoms with van der Waals surface area (Å²) < 4.78 is 0. The summed E-state index contributed by atoms with van der Waals surface area (Å²) in [5.74, 6) is 0. The Bertz CT molecular complexity index is 196. The number of benzene rings is 1. The molecule has 1 heteroatoms. The third-order valence-electron chi connectivity index (χ3n) is 1.78. The molecule has 0 aliphatic heterocycles. The molecule has 0 spiro atoms. The topological polar surface area (TPSA) is 0 Å². The number of hydrogen-bond acceptors (Lipinski definition) is 0. The quantitative estimate of drug-likeness (QED) is 0.402. The molecule has 1 aromatic rings. The Hall–Kier alpha value is -0.0138. The molecule has 0 atom stereocenters. The van der Waals surface area contributed by atoms with E-state index in [4.69, 9.17) is 0 Å². The minimum atomic E-state index is 0. The van der Waals surface area contributed by atoms with Crippen LogP contribution < -0.4 is 0 Å². The van der Waals surface area contributed by atoms with E-state index < -0.39 is 0 Å². The average molecular weight is 159 g/mol. The van der Waals surface area contributed by atoms with Crippen molar-refractivity contribution in [2.75, 3.05) is 0 Å². The van der Waals surface area contributed by atoms with Crippen molar-refractivity contribution in [3.05, 3.63) is 42.3 Å². The van der Waals surface area contributed by atoms with E-state index in [-0.39, 0.29) is 30.5 Å². The third-order valence-corrected chi connectivity index (χ3v) is 1.78. The SMILES string of the molecule is Cc1c[c-]cc(C)c1C.[CH3-].[Mg+2]. The second-order valence-corrected chi connectivity index (χ2v) is 2.45. The minimum Gasteiger partial charge on any atom is -0.358 e. The van der Waals surface area contributed by atoms with E-state index in [2.05, 4.69) is 26.8 Å². The standard InChI is InChI=1S/C9H11.CH3.Mg/c1-7-5-4-6-8(2)9(7)3;;/h5-6H,1-3H3;1H3;/q2*-1;+2. The van der Waals surface area contributed by atoms with Crippen LogP contribution >= 0.6 is 0 Å². The van der Waals surface area contributed by atoms with Gasteiger partial charge < -0.3 is 7.43 Å². The molecular weight excluding hydrogens is 144 g/mol. The Morgan fingerprint density at radius 3 is 1.64 bits per heavy atom. The second-order valence-electron chi connectivity index (χ2n) is 2.45. The fourth-order valence-corrected chi connectivity index (χ4v) is 0.819. The first-order chi connectivity index (χ1) is 4.22. The average Bonchev–Trinajstić information content (AvgIpc) is 1.83. The first-order valence-electron chi connectivity index (χ1n) is 3.15. The molecule has 0 unspecified atom stereocenters. The van der Waals surface area contributed by atoms with Crippen LogP contribution in [0.15, 0.2) is 12.1 Å². The van der Waals surface area contributed by atoms with Crippen LogP contribution in [0.1, 0.15) is 16.7 Å². The van der Waals surface area contributed by atoms with Gasteiger partial charge in [0.2, 0.25) is 0 Å². The monoisotopic (exact) mass is 158 g/mol. The maximum Gasteiger partial charge on any atom is 2.00 e. The molecule has 0 aromatic heterocycles. The normalized spacial score (nSPS) is 7.91. The zero-order chi connectivity index (χ0) is 6.85. The molecule has 0 fully saturated rings. The molecule has 0 N–H and O–H groups in total. The summed E-state index contributed by atoms with van der Waals surface area (Å²) >= 11 is 0. The Morgan fingerprint density at radius 2 is 1.36 bits per heavy atom. The predicted molar refractivity (Wildman–Crippen MR) is 51.7 cm³/mol. The van der Waals surface area contributed by atoms with Crippen LogP contribution in [0.3, 0.4) is 0 Å². The van der Waals surface area contributed by atoms with E-state index >= 15 is 0 Å². The zero-order valence-corrected chi connectivity index (χ0v) is 9.28. The van der Waals surface area contributed by atoms with Crippen molar-refractivity contribution in [1.82, 2.24) is 0 Å². The molecule has 0 bridgehead atoms. The third kappa shape index (κ3) is 3.26. The van der Waals surface area contributed by atoms with Gasteiger partial charge in [-0.25, -0.2) is 0 Å². The van der Waals surface area contributed by atoms with Gasteiger partial charge in [0.05, 0.1) is 0 Å². The van der Waals surface area contributed by atoms with Crippen LogP contribution in [0.4, 0.5) is 0 Å². The van der Waals surface area contributed by atoms with Crippen LogP contribution in [0.5, 0.6) is 0 Å². The van der Waals surface area contributed by atoms with Crippen LogP contribution in [0.2, 0.25) is 0 Å². The van der Waals surface area contributed by atoms with Crippen molar-refractivity contribution in [1.29, 1.82) is 0 Å². The first kappa shape index (κ1) is 13.6. The molecule has 1 rings (SSSR count). The molecule has 11 heavy (non-hydrogen) atoms. The van der Waals surface area contributed by atoms with Crippen molar-refractivity contribution in [3.8, 4) is 0 Å². The number of hydrogen-bond donors (Lipinski definition) is 0. The predicted octanol–water partition coefficient (Wildman–Crippen LogP) is 2.48. The Labute approximate surface area is 86.2 Å². The van der Waals surface area contributed by atoms with Crippen LogP contribution in [0.25, 0.3) is 0 Å². The molecule has 0 saturated heterocycles. The Kier molecular flexibility index (Phi) is 6.92. The van der Waals surface area contributed by atoms with Crippen LogP contribution in [-0.4, -0.2) is 23.1 Å². The first-order valence-corrected chi connectivity index (χ1v) is 3.15. The van der Waals surface area contributed by atoms with E-state index in [1.807, 2.05) is 12.1 Å². The molecule has 0 nitrogen and oxygen atoms in total. The van der Waals surface area contributed by atoms with E-state index in [0.717, 1.165) is 0 Å². The summed E-state index contributed by atoms with van der Waals surface area (Å²) in [5, 5.41) is 0. The van der Waals surface area contributed by atoms with Gasteiger partial charge in [-0.15, -0.1) is 0 Å². The largest absolute Gasteiger partial charge is 2.00 e. The minimum absolute atomic E-state index is 0. The maximum atomic E-state index is 3.07. The van der Waals surface area contributed by atoms with Crippen molar-refractivity contribution < 1.29 is 0 Å². The van der Waals surface area contributed by atoms with Crippen LogP contribution in [-0.2, 0) is 0 Å². The van der Waals surface area contributed by atoms with E-state index in [1.54, 1.807) is 0 Å². The van der Waals surface area contributed by atoms with Crippen molar-refractivity contribution >= 4 is 23.1 Å². The van der Waals surface area contributed by atoms with Crippen molar-refractivity contribution in [2.45, 2.75) is 20.8 Å². The maximum absolute atomic E-state index is 3.07. The van der Waals surface area contributed by atoms with Gasteiger partial charge >= 0.3 is 23.1 Å². The van der Waals surface area contributed by atoms with E-state index in [9.17, 15) is 0 Å². The zero-order valence-electron chi connectivity index (χ0n) is 7.86. The summed E-state index contributed by atoms with van der Waals surface area (Å²) in [7, 11) is 0. The van der Waals surface area contributed by atoms with Gasteiger partial charge in [-0.05, 0) is 0 Å². The van der Waals surface area contributed by atoms with Crippen LogP contribution in [0, 0.1) is 34.3 Å². The van der Waals surface area contributed by atoms with E-state index in [0.29, 0.717) is 0 Å². The van der Waals surface area contributed by atoms with Gasteiger partial charge in [0.1, 0.15) is 0 Å². The summed E-state index contributed by atoms with van der Waals surface area (Å²) in [6, 6.07) is 7.10. The summed E-state index contributed by atoms with van der Waals surface area (Å²) in [6.07, 6.45) is 0. The molecule has 0 aliphatic carbocycles. The van der Waals surface area contributed by atoms with E-state index in [1.165, 1.54) is 16.7 Å². The van der Waals surface area contributed by atoms with Gasteiger partial charge in [0.15, 0.2) is 0 Å². The fraction of sp³-hybridized carbons (Fsp3) is 0.300. The molecule has 0 saturated carbocycles. The summed E-state index contributed by atoms with van der Waals surface area (Å²) in [4.78, 5) is 0. The van der Waals surface area contributed by atoms with Gasteiger partial charge in [-0.2, -0.15) is 34.9 Å². The molecular formula is C10H14Mg. The molecule has 56 valence electrons. The molecule has 1 aromatic carbocycles. The Balaban J connectivity index is 0. The van der Waals surface area contributed by atoms with Crippen molar-refractivity contribution in [2.24, 2.45) is 0 Å². The molecule has 0 radical (unpaired) electrons. The molecule has 0 amide bonds. The summed E-state index contributed by atoms with van der Waals surface area (Å²) in [5.41, 5.74) is 4.04. The fourth-order valence-electron chi connectivity index (χ4n) is 0.819. The number of aryl methyl sites for hydroxylation is 2. The number of rotatable bonds is 0. The molecule has 0 heterocycles. The van der Waals surface area contributed by atoms with Crippen molar-refractivity contribution in [3.63, 3.8) is 0 Å². The van der Waals surface area contributed by atoms with Gasteiger partial charge in [-0.3, -0.25) is 0 Å². The van der Waals surface area contributed by atoms with Gasteiger partial charge in [-0.1, -0.05) is 20.8 Å².